The Morgan fingerprint density at radius 3 is 2.53 bits per heavy atom. The van der Waals surface area contributed by atoms with Crippen LogP contribution in [0.15, 0.2) is 0 Å². The largest absolute Gasteiger partial charge is 0.480 e. The number of sulfonamides is 1. The molecule has 3 atom stereocenters. The highest BCUT2D eigenvalue weighted by molar-refractivity contribution is 7.90. The Kier molecular flexibility index (Phi) is 4.94. The summed E-state index contributed by atoms with van der Waals surface area (Å²) < 4.78 is 25.7. The van der Waals surface area contributed by atoms with Crippen LogP contribution in [0.2, 0.25) is 0 Å². The number of carbonyl (C=O) groups is 1. The van der Waals surface area contributed by atoms with Crippen molar-refractivity contribution in [2.75, 3.05) is 6.54 Å². The van der Waals surface area contributed by atoms with Crippen LogP contribution in [0.25, 0.3) is 0 Å². The Labute approximate surface area is 103 Å². The summed E-state index contributed by atoms with van der Waals surface area (Å²) in [5.41, 5.74) is 0. The summed E-state index contributed by atoms with van der Waals surface area (Å²) >= 11 is 0. The van der Waals surface area contributed by atoms with Crippen molar-refractivity contribution in [3.8, 4) is 0 Å². The summed E-state index contributed by atoms with van der Waals surface area (Å²) in [7, 11) is -3.73. The van der Waals surface area contributed by atoms with Crippen LogP contribution in [-0.4, -0.2) is 31.3 Å². The van der Waals surface area contributed by atoms with Gasteiger partial charge in [0.05, 0.1) is 0 Å². The molecule has 2 N–H and O–H groups in total. The minimum atomic E-state index is -3.73. The summed E-state index contributed by atoms with van der Waals surface area (Å²) in [5.74, 6) is -0.472. The molecular formula is C11H21NO4S. The molecule has 0 spiro atoms. The maximum absolute atomic E-state index is 11.6. The first kappa shape index (κ1) is 14.4. The molecule has 1 aliphatic rings. The Balaban J connectivity index is 2.52. The van der Waals surface area contributed by atoms with E-state index in [-0.39, 0.29) is 0 Å². The van der Waals surface area contributed by atoms with E-state index in [0.29, 0.717) is 18.4 Å². The lowest BCUT2D eigenvalue weighted by Gasteiger charge is -2.28. The second-order valence-corrected chi connectivity index (χ2v) is 6.98. The van der Waals surface area contributed by atoms with Crippen LogP contribution in [0, 0.1) is 11.8 Å². The molecule has 0 saturated heterocycles. The molecule has 3 unspecified atom stereocenters. The molecule has 17 heavy (non-hydrogen) atoms. The van der Waals surface area contributed by atoms with Crippen molar-refractivity contribution >= 4 is 16.0 Å². The molecule has 6 heteroatoms. The first-order valence-corrected chi connectivity index (χ1v) is 7.60. The monoisotopic (exact) mass is 263 g/mol. The number of hydrogen-bond donors (Lipinski definition) is 2. The highest BCUT2D eigenvalue weighted by Gasteiger charge is 2.29. The predicted molar refractivity (Wildman–Crippen MR) is 65.1 cm³/mol. The van der Waals surface area contributed by atoms with Crippen molar-refractivity contribution < 1.29 is 18.3 Å². The first-order valence-electron chi connectivity index (χ1n) is 6.06. The van der Waals surface area contributed by atoms with Crippen LogP contribution in [0.3, 0.4) is 0 Å². The van der Waals surface area contributed by atoms with E-state index in [1.165, 1.54) is 13.3 Å². The van der Waals surface area contributed by atoms with Gasteiger partial charge >= 0.3 is 5.97 Å². The van der Waals surface area contributed by atoms with Crippen LogP contribution in [0.5, 0.6) is 0 Å². The van der Waals surface area contributed by atoms with Crippen molar-refractivity contribution in [2.24, 2.45) is 11.8 Å². The fourth-order valence-electron chi connectivity index (χ4n) is 2.18. The molecule has 1 saturated carbocycles. The smallest absolute Gasteiger partial charge is 0.323 e. The van der Waals surface area contributed by atoms with E-state index in [1.807, 2.05) is 0 Å². The molecule has 0 bridgehead atoms. The zero-order valence-electron chi connectivity index (χ0n) is 10.3. The van der Waals surface area contributed by atoms with Crippen LogP contribution < -0.4 is 4.72 Å². The molecule has 1 fully saturated rings. The number of carboxylic acids is 1. The van der Waals surface area contributed by atoms with Gasteiger partial charge in [0.25, 0.3) is 0 Å². The number of aliphatic carboxylic acids is 1. The second kappa shape index (κ2) is 5.82. The van der Waals surface area contributed by atoms with Gasteiger partial charge in [0.1, 0.15) is 0 Å². The van der Waals surface area contributed by atoms with E-state index in [2.05, 4.69) is 11.6 Å². The number of nitrogens with one attached hydrogen (secondary N) is 1. The average molecular weight is 263 g/mol. The highest BCUT2D eigenvalue weighted by Crippen LogP contribution is 2.29. The van der Waals surface area contributed by atoms with Gasteiger partial charge in [-0.2, -0.15) is 0 Å². The van der Waals surface area contributed by atoms with E-state index in [0.717, 1.165) is 19.3 Å². The lowest BCUT2D eigenvalue weighted by Crippen LogP contribution is -2.41. The van der Waals surface area contributed by atoms with Crippen molar-refractivity contribution in [2.45, 2.75) is 44.8 Å². The lowest BCUT2D eigenvalue weighted by atomic mass is 9.81. The van der Waals surface area contributed by atoms with Gasteiger partial charge in [0, 0.05) is 6.54 Å². The third-order valence-corrected chi connectivity index (χ3v) is 5.35. The second-order valence-electron chi connectivity index (χ2n) is 4.90. The Morgan fingerprint density at radius 1 is 1.41 bits per heavy atom. The van der Waals surface area contributed by atoms with E-state index < -0.39 is 21.2 Å². The van der Waals surface area contributed by atoms with Crippen LogP contribution >= 0.6 is 0 Å². The molecule has 0 aliphatic heterocycles. The van der Waals surface area contributed by atoms with Crippen molar-refractivity contribution in [3.05, 3.63) is 0 Å². The summed E-state index contributed by atoms with van der Waals surface area (Å²) in [5, 5.41) is 7.30. The standard InChI is InChI=1S/C11H21NO4S/c1-8-5-3-4-6-10(8)7-12-17(15,16)9(2)11(13)14/h8-10,12H,3-7H2,1-2H3,(H,13,14). The van der Waals surface area contributed by atoms with Gasteiger partial charge in [-0.3, -0.25) is 4.79 Å². The topological polar surface area (TPSA) is 83.5 Å². The van der Waals surface area contributed by atoms with Gasteiger partial charge in [-0.05, 0) is 25.2 Å². The number of carboxylic acid groups (broad SMARTS) is 1. The Hall–Kier alpha value is -0.620. The summed E-state index contributed by atoms with van der Waals surface area (Å²) in [4.78, 5) is 10.6. The fraction of sp³-hybridized carbons (Fsp3) is 0.909. The van der Waals surface area contributed by atoms with Gasteiger partial charge < -0.3 is 5.11 Å². The third-order valence-electron chi connectivity index (χ3n) is 3.65. The van der Waals surface area contributed by atoms with Gasteiger partial charge in [0.2, 0.25) is 10.0 Å². The molecule has 0 aromatic rings. The van der Waals surface area contributed by atoms with E-state index in [9.17, 15) is 13.2 Å². The minimum absolute atomic E-state index is 0.333. The molecule has 0 amide bonds. The predicted octanol–water partition coefficient (Wildman–Crippen LogP) is 1.21. The molecule has 0 aromatic heterocycles. The summed E-state index contributed by atoms with van der Waals surface area (Å²) in [6, 6.07) is 0. The molecule has 0 heterocycles. The van der Waals surface area contributed by atoms with E-state index >= 15 is 0 Å². The molecule has 0 aromatic carbocycles. The van der Waals surface area contributed by atoms with Crippen LogP contribution in [-0.2, 0) is 14.8 Å². The summed E-state index contributed by atoms with van der Waals surface area (Å²) in [6.45, 7) is 3.68. The molecule has 5 nitrogen and oxygen atoms in total. The van der Waals surface area contributed by atoms with Crippen molar-refractivity contribution in [1.29, 1.82) is 0 Å². The van der Waals surface area contributed by atoms with Crippen molar-refractivity contribution in [1.82, 2.24) is 4.72 Å². The maximum Gasteiger partial charge on any atom is 0.323 e. The van der Waals surface area contributed by atoms with Gasteiger partial charge in [-0.1, -0.05) is 26.2 Å². The molecular weight excluding hydrogens is 242 g/mol. The van der Waals surface area contributed by atoms with Crippen LogP contribution in [0.4, 0.5) is 0 Å². The summed E-state index contributed by atoms with van der Waals surface area (Å²) in [6.07, 6.45) is 4.48. The molecule has 1 rings (SSSR count). The zero-order valence-corrected chi connectivity index (χ0v) is 11.2. The lowest BCUT2D eigenvalue weighted by molar-refractivity contribution is -0.136. The number of hydrogen-bond acceptors (Lipinski definition) is 3. The third kappa shape index (κ3) is 3.96. The van der Waals surface area contributed by atoms with Gasteiger partial charge in [-0.15, -0.1) is 0 Å². The zero-order chi connectivity index (χ0) is 13.1. The molecule has 0 radical (unpaired) electrons. The average Bonchev–Trinajstić information content (AvgIpc) is 2.27. The SMILES string of the molecule is CC1CCCCC1CNS(=O)(=O)C(C)C(=O)O. The molecule has 1 aliphatic carbocycles. The minimum Gasteiger partial charge on any atom is -0.480 e. The fourth-order valence-corrected chi connectivity index (χ4v) is 3.14. The van der Waals surface area contributed by atoms with Crippen LogP contribution in [0.1, 0.15) is 39.5 Å². The van der Waals surface area contributed by atoms with E-state index in [1.54, 1.807) is 0 Å². The quantitative estimate of drug-likeness (QED) is 0.781. The highest BCUT2D eigenvalue weighted by atomic mass is 32.2. The van der Waals surface area contributed by atoms with Crippen molar-refractivity contribution in [3.63, 3.8) is 0 Å². The van der Waals surface area contributed by atoms with E-state index in [4.69, 9.17) is 5.11 Å². The van der Waals surface area contributed by atoms with Gasteiger partial charge in [-0.25, -0.2) is 13.1 Å². The molecule has 100 valence electrons. The maximum atomic E-state index is 11.6. The Bertz CT molecular complexity index is 366. The normalized spacial score (nSPS) is 27.6. The number of rotatable bonds is 5. The Morgan fingerprint density at radius 2 is 2.00 bits per heavy atom. The van der Waals surface area contributed by atoms with Gasteiger partial charge in [0.15, 0.2) is 5.25 Å². The first-order chi connectivity index (χ1) is 7.84.